The van der Waals surface area contributed by atoms with E-state index in [2.05, 4.69) is 0 Å². The van der Waals surface area contributed by atoms with Crippen LogP contribution in [0.5, 0.6) is 17.2 Å². The van der Waals surface area contributed by atoms with Crippen molar-refractivity contribution in [3.8, 4) is 23.3 Å². The van der Waals surface area contributed by atoms with Crippen LogP contribution in [0, 0.1) is 11.3 Å². The van der Waals surface area contributed by atoms with E-state index in [9.17, 15) is 4.79 Å². The third kappa shape index (κ3) is 4.11. The summed E-state index contributed by atoms with van der Waals surface area (Å²) in [5, 5.41) is 8.65. The summed E-state index contributed by atoms with van der Waals surface area (Å²) in [4.78, 5) is 14.9. The number of methoxy groups -OCH3 is 2. The molecule has 1 aliphatic heterocycles. The average Bonchev–Trinajstić information content (AvgIpc) is 3.00. The summed E-state index contributed by atoms with van der Waals surface area (Å²) in [6.45, 7) is -0.0732. The summed E-state index contributed by atoms with van der Waals surface area (Å²) in [5.41, 5.74) is 1.45. The monoisotopic (exact) mass is 412 g/mol. The molecule has 142 valence electrons. The molecule has 0 spiro atoms. The van der Waals surface area contributed by atoms with Crippen LogP contribution in [0.15, 0.2) is 47.4 Å². The molecule has 1 heterocycles. The standard InChI is InChI=1S/C20H16N2O4S2/c1-24-15-6-4-14(5-7-15)22-19(23)18(28-20(22)27)12-13-3-8-16(26-10-9-21)17(11-13)25-2/h3-8,11-12H,10H2,1-2H3/b18-12-. The minimum Gasteiger partial charge on any atom is -0.497 e. The number of amides is 1. The third-order valence-corrected chi connectivity index (χ3v) is 5.20. The molecule has 0 aliphatic carbocycles. The van der Waals surface area contributed by atoms with E-state index in [-0.39, 0.29) is 12.5 Å². The number of benzene rings is 2. The van der Waals surface area contributed by atoms with Gasteiger partial charge in [0, 0.05) is 0 Å². The molecule has 2 aromatic carbocycles. The molecule has 0 saturated carbocycles. The lowest BCUT2D eigenvalue weighted by molar-refractivity contribution is -0.113. The molecule has 1 fully saturated rings. The number of hydrogen-bond acceptors (Lipinski definition) is 7. The van der Waals surface area contributed by atoms with Crippen molar-refractivity contribution in [1.82, 2.24) is 0 Å². The van der Waals surface area contributed by atoms with Gasteiger partial charge in [0.2, 0.25) is 0 Å². The van der Waals surface area contributed by atoms with Gasteiger partial charge in [0.05, 0.1) is 24.8 Å². The van der Waals surface area contributed by atoms with E-state index in [1.807, 2.05) is 6.07 Å². The maximum absolute atomic E-state index is 12.9. The number of rotatable bonds is 6. The predicted octanol–water partition coefficient (Wildman–Crippen LogP) is 4.01. The molecule has 3 rings (SSSR count). The van der Waals surface area contributed by atoms with Crippen molar-refractivity contribution in [2.45, 2.75) is 0 Å². The second kappa shape index (κ2) is 8.78. The molecule has 0 unspecified atom stereocenters. The maximum Gasteiger partial charge on any atom is 0.270 e. The first kappa shape index (κ1) is 19.7. The van der Waals surface area contributed by atoms with E-state index in [1.165, 1.54) is 23.8 Å². The van der Waals surface area contributed by atoms with Crippen molar-refractivity contribution >= 4 is 46.0 Å². The lowest BCUT2D eigenvalue weighted by Gasteiger charge is -2.14. The van der Waals surface area contributed by atoms with Gasteiger partial charge in [-0.05, 0) is 48.0 Å². The Labute approximate surface area is 172 Å². The molecule has 0 radical (unpaired) electrons. The van der Waals surface area contributed by atoms with Crippen molar-refractivity contribution in [3.05, 3.63) is 52.9 Å². The highest BCUT2D eigenvalue weighted by atomic mass is 32.2. The second-order valence-electron chi connectivity index (χ2n) is 5.57. The molecule has 1 amide bonds. The van der Waals surface area contributed by atoms with E-state index in [0.717, 1.165) is 5.56 Å². The minimum atomic E-state index is -0.191. The first-order valence-electron chi connectivity index (χ1n) is 8.17. The number of thiocarbonyl (C=S) groups is 1. The molecule has 8 heteroatoms. The quantitative estimate of drug-likeness (QED) is 0.524. The molecule has 0 N–H and O–H groups in total. The Bertz CT molecular complexity index is 981. The first-order valence-corrected chi connectivity index (χ1v) is 9.39. The van der Waals surface area contributed by atoms with Gasteiger partial charge in [-0.1, -0.05) is 30.0 Å². The number of thioether (sulfide) groups is 1. The normalized spacial score (nSPS) is 14.9. The van der Waals surface area contributed by atoms with E-state index in [0.29, 0.717) is 32.2 Å². The van der Waals surface area contributed by atoms with E-state index in [4.69, 9.17) is 31.7 Å². The number of nitrogens with zero attached hydrogens (tertiary/aromatic N) is 2. The molecule has 0 aromatic heterocycles. The molecular weight excluding hydrogens is 396 g/mol. The Hall–Kier alpha value is -3.02. The molecule has 1 aliphatic rings. The van der Waals surface area contributed by atoms with Gasteiger partial charge in [-0.15, -0.1) is 0 Å². The van der Waals surface area contributed by atoms with Crippen molar-refractivity contribution < 1.29 is 19.0 Å². The van der Waals surface area contributed by atoms with Crippen LogP contribution in [0.2, 0.25) is 0 Å². The summed E-state index contributed by atoms with van der Waals surface area (Å²) in [7, 11) is 3.10. The summed E-state index contributed by atoms with van der Waals surface area (Å²) in [5.74, 6) is 1.46. The number of nitriles is 1. The fraction of sp³-hybridized carbons (Fsp3) is 0.150. The second-order valence-corrected chi connectivity index (χ2v) is 7.25. The van der Waals surface area contributed by atoms with Gasteiger partial charge in [0.15, 0.2) is 22.4 Å². The fourth-order valence-corrected chi connectivity index (χ4v) is 3.88. The molecule has 1 saturated heterocycles. The fourth-order valence-electron chi connectivity index (χ4n) is 2.58. The molecule has 6 nitrogen and oxygen atoms in total. The zero-order valence-corrected chi connectivity index (χ0v) is 16.8. The van der Waals surface area contributed by atoms with Crippen LogP contribution in [0.4, 0.5) is 5.69 Å². The van der Waals surface area contributed by atoms with Gasteiger partial charge in [0.1, 0.15) is 11.8 Å². The molecule has 0 atom stereocenters. The lowest BCUT2D eigenvalue weighted by Crippen LogP contribution is -2.27. The molecular formula is C20H16N2O4S2. The van der Waals surface area contributed by atoms with Crippen LogP contribution in [-0.2, 0) is 4.79 Å². The number of ether oxygens (including phenoxy) is 3. The van der Waals surface area contributed by atoms with Gasteiger partial charge >= 0.3 is 0 Å². The summed E-state index contributed by atoms with van der Waals surface area (Å²) >= 11 is 6.63. The lowest BCUT2D eigenvalue weighted by atomic mass is 10.2. The summed E-state index contributed by atoms with van der Waals surface area (Å²) in [6, 6.07) is 14.3. The smallest absolute Gasteiger partial charge is 0.270 e. The summed E-state index contributed by atoms with van der Waals surface area (Å²) < 4.78 is 16.2. The SMILES string of the molecule is COc1ccc(N2C(=O)/C(=C/c3ccc(OCC#N)c(OC)c3)SC2=S)cc1. The largest absolute Gasteiger partial charge is 0.497 e. The summed E-state index contributed by atoms with van der Waals surface area (Å²) in [6.07, 6.45) is 1.75. The van der Waals surface area contributed by atoms with Crippen molar-refractivity contribution in [2.24, 2.45) is 0 Å². The molecule has 2 aromatic rings. The highest BCUT2D eigenvalue weighted by molar-refractivity contribution is 8.27. The van der Waals surface area contributed by atoms with Crippen molar-refractivity contribution in [1.29, 1.82) is 5.26 Å². The highest BCUT2D eigenvalue weighted by Gasteiger charge is 2.33. The van der Waals surface area contributed by atoms with Crippen LogP contribution in [0.1, 0.15) is 5.56 Å². The van der Waals surface area contributed by atoms with Gasteiger partial charge in [-0.25, -0.2) is 0 Å². The average molecular weight is 412 g/mol. The predicted molar refractivity (Wildman–Crippen MR) is 113 cm³/mol. The number of carbonyl (C=O) groups excluding carboxylic acids is 1. The zero-order chi connectivity index (χ0) is 20.1. The maximum atomic E-state index is 12.9. The molecule has 0 bridgehead atoms. The Balaban J connectivity index is 1.86. The van der Waals surface area contributed by atoms with Crippen molar-refractivity contribution in [3.63, 3.8) is 0 Å². The third-order valence-electron chi connectivity index (χ3n) is 3.90. The van der Waals surface area contributed by atoms with Gasteiger partial charge in [-0.3, -0.25) is 9.69 Å². The number of carbonyl (C=O) groups is 1. The van der Waals surface area contributed by atoms with Gasteiger partial charge in [0.25, 0.3) is 5.91 Å². The van der Waals surface area contributed by atoms with Crippen LogP contribution in [-0.4, -0.2) is 31.1 Å². The van der Waals surface area contributed by atoms with Crippen LogP contribution in [0.3, 0.4) is 0 Å². The first-order chi connectivity index (χ1) is 13.6. The van der Waals surface area contributed by atoms with Gasteiger partial charge < -0.3 is 14.2 Å². The highest BCUT2D eigenvalue weighted by Crippen LogP contribution is 2.37. The molecule has 28 heavy (non-hydrogen) atoms. The van der Waals surface area contributed by atoms with Crippen LogP contribution >= 0.6 is 24.0 Å². The Morgan fingerprint density at radius 2 is 1.89 bits per heavy atom. The Kier molecular flexibility index (Phi) is 6.19. The topological polar surface area (TPSA) is 71.8 Å². The van der Waals surface area contributed by atoms with Crippen LogP contribution < -0.4 is 19.1 Å². The Morgan fingerprint density at radius 3 is 2.54 bits per heavy atom. The minimum absolute atomic E-state index is 0.0732. The van der Waals surface area contributed by atoms with E-state index in [1.54, 1.807) is 55.7 Å². The Morgan fingerprint density at radius 1 is 1.14 bits per heavy atom. The van der Waals surface area contributed by atoms with Gasteiger partial charge in [-0.2, -0.15) is 5.26 Å². The van der Waals surface area contributed by atoms with Crippen molar-refractivity contribution in [2.75, 3.05) is 25.7 Å². The zero-order valence-electron chi connectivity index (χ0n) is 15.2. The van der Waals surface area contributed by atoms with E-state index < -0.39 is 0 Å². The number of hydrogen-bond donors (Lipinski definition) is 0. The van der Waals surface area contributed by atoms with Crippen LogP contribution in [0.25, 0.3) is 6.08 Å². The van der Waals surface area contributed by atoms with E-state index >= 15 is 0 Å². The number of anilines is 1.